The number of nitrogens with zero attached hydrogens (tertiary/aromatic N) is 2. The first-order chi connectivity index (χ1) is 17.5. The van der Waals surface area contributed by atoms with E-state index in [1.54, 1.807) is 0 Å². The Kier molecular flexibility index (Phi) is 10.1. The molecule has 0 radical (unpaired) electrons. The number of aliphatic hydroxyl groups is 4. The van der Waals surface area contributed by atoms with Gasteiger partial charge >= 0.3 is 0 Å². The van der Waals surface area contributed by atoms with Gasteiger partial charge in [0.1, 0.15) is 0 Å². The van der Waals surface area contributed by atoms with E-state index in [0.29, 0.717) is 0 Å². The number of amides is 3. The number of nitrogens with one attached hydrogen (secondary N) is 3. The Bertz CT molecular complexity index is 1200. The fraction of sp³-hybridized carbons (Fsp3) is 0.286. The standard InChI is InChI=1S/C21H23N5O11/c27-7-15(8-28)23-20(32)12-1-11(3-17(4-12)25(34)35)19(31)22-14-2-13(5-18(6-14)26(36)37)21(33)24-16(9-29)10-30/h1-6,15-16,27-30H,7-10H2,(H,22,31)(H,23,32)(H,24,33). The average Bonchev–Trinajstić information content (AvgIpc) is 2.89. The van der Waals surface area contributed by atoms with Crippen molar-refractivity contribution in [2.45, 2.75) is 12.1 Å². The van der Waals surface area contributed by atoms with Gasteiger partial charge in [-0.15, -0.1) is 0 Å². The second-order valence-electron chi connectivity index (χ2n) is 7.58. The molecule has 0 aliphatic carbocycles. The molecule has 0 atom stereocenters. The number of rotatable bonds is 12. The lowest BCUT2D eigenvalue weighted by Crippen LogP contribution is -2.40. The summed E-state index contributed by atoms with van der Waals surface area (Å²) < 4.78 is 0. The normalized spacial score (nSPS) is 10.8. The summed E-state index contributed by atoms with van der Waals surface area (Å²) >= 11 is 0. The van der Waals surface area contributed by atoms with Crippen molar-refractivity contribution in [3.63, 3.8) is 0 Å². The Balaban J connectivity index is 2.42. The van der Waals surface area contributed by atoms with E-state index in [1.807, 2.05) is 0 Å². The summed E-state index contributed by atoms with van der Waals surface area (Å²) in [5, 5.41) is 65.9. The van der Waals surface area contributed by atoms with E-state index < -0.39 is 77.5 Å². The molecule has 0 heterocycles. The third-order valence-electron chi connectivity index (χ3n) is 4.85. The van der Waals surface area contributed by atoms with Gasteiger partial charge in [0.15, 0.2) is 0 Å². The van der Waals surface area contributed by atoms with E-state index in [1.165, 1.54) is 0 Å². The first-order valence-electron chi connectivity index (χ1n) is 10.5. The van der Waals surface area contributed by atoms with Crippen molar-refractivity contribution in [3.05, 3.63) is 73.3 Å². The number of carbonyl (C=O) groups excluding carboxylic acids is 3. The van der Waals surface area contributed by atoms with Crippen molar-refractivity contribution in [1.29, 1.82) is 0 Å². The van der Waals surface area contributed by atoms with Crippen LogP contribution in [0.1, 0.15) is 31.1 Å². The van der Waals surface area contributed by atoms with Crippen LogP contribution in [0.5, 0.6) is 0 Å². The molecule has 0 saturated heterocycles. The van der Waals surface area contributed by atoms with Crippen molar-refractivity contribution in [2.75, 3.05) is 31.7 Å². The molecule has 7 N–H and O–H groups in total. The first-order valence-corrected chi connectivity index (χ1v) is 10.5. The third kappa shape index (κ3) is 7.74. The average molecular weight is 521 g/mol. The highest BCUT2D eigenvalue weighted by molar-refractivity contribution is 6.07. The minimum atomic E-state index is -1.06. The summed E-state index contributed by atoms with van der Waals surface area (Å²) in [6.45, 7) is -2.46. The molecule has 198 valence electrons. The topological polar surface area (TPSA) is 254 Å². The maximum Gasteiger partial charge on any atom is 0.272 e. The predicted octanol–water partition coefficient (Wildman–Crippen LogP) is -1.08. The minimum Gasteiger partial charge on any atom is -0.394 e. The first kappa shape index (κ1) is 28.7. The van der Waals surface area contributed by atoms with Gasteiger partial charge < -0.3 is 36.4 Å². The number of nitro groups is 2. The quantitative estimate of drug-likeness (QED) is 0.131. The van der Waals surface area contributed by atoms with Gasteiger partial charge in [-0.3, -0.25) is 34.6 Å². The van der Waals surface area contributed by atoms with Crippen LogP contribution >= 0.6 is 0 Å². The van der Waals surface area contributed by atoms with E-state index in [-0.39, 0.29) is 22.4 Å². The summed E-state index contributed by atoms with van der Waals surface area (Å²) in [4.78, 5) is 58.6. The summed E-state index contributed by atoms with van der Waals surface area (Å²) in [5.74, 6) is -2.85. The molecule has 0 fully saturated rings. The van der Waals surface area contributed by atoms with Crippen molar-refractivity contribution < 1.29 is 44.7 Å². The Labute approximate surface area is 207 Å². The SMILES string of the molecule is O=C(Nc1cc(C(=O)NC(CO)CO)cc([N+](=O)[O-])c1)c1cc(C(=O)NC(CO)CO)cc([N+](=O)[O-])c1. The van der Waals surface area contributed by atoms with E-state index >= 15 is 0 Å². The molecule has 16 heteroatoms. The minimum absolute atomic E-state index is 0.243. The second kappa shape index (κ2) is 13.0. The lowest BCUT2D eigenvalue weighted by molar-refractivity contribution is -0.385. The van der Waals surface area contributed by atoms with Crippen LogP contribution in [0.25, 0.3) is 0 Å². The Morgan fingerprint density at radius 3 is 1.43 bits per heavy atom. The molecule has 0 bridgehead atoms. The zero-order valence-corrected chi connectivity index (χ0v) is 19.0. The van der Waals surface area contributed by atoms with Gasteiger partial charge in [0.2, 0.25) is 0 Å². The highest BCUT2D eigenvalue weighted by atomic mass is 16.6. The molecule has 0 aliphatic rings. The lowest BCUT2D eigenvalue weighted by Gasteiger charge is -2.14. The molecule has 37 heavy (non-hydrogen) atoms. The lowest BCUT2D eigenvalue weighted by atomic mass is 10.1. The van der Waals surface area contributed by atoms with Gasteiger partial charge in [-0.1, -0.05) is 0 Å². The van der Waals surface area contributed by atoms with Crippen LogP contribution in [-0.4, -0.2) is 86.5 Å². The van der Waals surface area contributed by atoms with Gasteiger partial charge in [0.25, 0.3) is 29.1 Å². The van der Waals surface area contributed by atoms with E-state index in [4.69, 9.17) is 20.4 Å². The number of carbonyl (C=O) groups is 3. The van der Waals surface area contributed by atoms with Crippen LogP contribution in [0.15, 0.2) is 36.4 Å². The molecule has 0 spiro atoms. The smallest absolute Gasteiger partial charge is 0.272 e. The molecule has 2 aromatic carbocycles. The van der Waals surface area contributed by atoms with E-state index in [9.17, 15) is 34.6 Å². The van der Waals surface area contributed by atoms with E-state index in [2.05, 4.69) is 16.0 Å². The number of aliphatic hydroxyl groups excluding tert-OH is 4. The van der Waals surface area contributed by atoms with Crippen molar-refractivity contribution >= 4 is 34.8 Å². The summed E-state index contributed by atoms with van der Waals surface area (Å²) in [5.41, 5.74) is -2.50. The van der Waals surface area contributed by atoms with Crippen LogP contribution < -0.4 is 16.0 Å². The van der Waals surface area contributed by atoms with E-state index in [0.717, 1.165) is 36.4 Å². The van der Waals surface area contributed by atoms with Crippen LogP contribution in [0.4, 0.5) is 17.1 Å². The van der Waals surface area contributed by atoms with Gasteiger partial charge in [-0.25, -0.2) is 0 Å². The second-order valence-corrected chi connectivity index (χ2v) is 7.58. The maximum atomic E-state index is 12.8. The molecule has 0 saturated carbocycles. The molecular weight excluding hydrogens is 498 g/mol. The maximum absolute atomic E-state index is 12.8. The van der Waals surface area contributed by atoms with Gasteiger partial charge in [-0.05, 0) is 12.1 Å². The number of nitro benzene ring substituents is 2. The van der Waals surface area contributed by atoms with Crippen LogP contribution in [-0.2, 0) is 0 Å². The highest BCUT2D eigenvalue weighted by Gasteiger charge is 2.22. The zero-order chi connectivity index (χ0) is 27.7. The number of hydrogen-bond donors (Lipinski definition) is 7. The predicted molar refractivity (Wildman–Crippen MR) is 125 cm³/mol. The van der Waals surface area contributed by atoms with Crippen LogP contribution in [0.2, 0.25) is 0 Å². The third-order valence-corrected chi connectivity index (χ3v) is 4.85. The molecule has 2 aromatic rings. The summed E-state index contributed by atoms with van der Waals surface area (Å²) in [7, 11) is 0. The molecule has 0 aliphatic heterocycles. The number of hydrogen-bond acceptors (Lipinski definition) is 11. The summed E-state index contributed by atoms with van der Waals surface area (Å²) in [6, 6.07) is 3.47. The molecule has 0 unspecified atom stereocenters. The number of anilines is 1. The van der Waals surface area contributed by atoms with Gasteiger partial charge in [0, 0.05) is 46.6 Å². The molecule has 0 aromatic heterocycles. The van der Waals surface area contributed by atoms with Crippen molar-refractivity contribution in [3.8, 4) is 0 Å². The molecule has 2 rings (SSSR count). The van der Waals surface area contributed by atoms with Crippen molar-refractivity contribution in [2.24, 2.45) is 0 Å². The summed E-state index contributed by atoms with van der Waals surface area (Å²) in [6.07, 6.45) is 0. The largest absolute Gasteiger partial charge is 0.394 e. The number of non-ortho nitro benzene ring substituents is 2. The number of benzene rings is 2. The van der Waals surface area contributed by atoms with Gasteiger partial charge in [-0.2, -0.15) is 0 Å². The Morgan fingerprint density at radius 1 is 0.649 bits per heavy atom. The van der Waals surface area contributed by atoms with Gasteiger partial charge in [0.05, 0.1) is 48.4 Å². The molecular formula is C21H23N5O11. The Morgan fingerprint density at radius 2 is 1.03 bits per heavy atom. The Hall–Kier alpha value is -4.51. The zero-order valence-electron chi connectivity index (χ0n) is 19.0. The highest BCUT2D eigenvalue weighted by Crippen LogP contribution is 2.23. The fourth-order valence-electron chi connectivity index (χ4n) is 2.94. The van der Waals surface area contributed by atoms with Crippen LogP contribution in [0.3, 0.4) is 0 Å². The van der Waals surface area contributed by atoms with Crippen LogP contribution in [0, 0.1) is 20.2 Å². The fourth-order valence-corrected chi connectivity index (χ4v) is 2.94. The van der Waals surface area contributed by atoms with Crippen molar-refractivity contribution in [1.82, 2.24) is 10.6 Å². The molecule has 3 amide bonds. The molecule has 16 nitrogen and oxygen atoms in total. The monoisotopic (exact) mass is 521 g/mol.